The summed E-state index contributed by atoms with van der Waals surface area (Å²) in [6.07, 6.45) is 2.57. The van der Waals surface area contributed by atoms with Crippen LogP contribution >= 0.6 is 38.5 Å². The Bertz CT molecular complexity index is 1180. The maximum atomic E-state index is 13.2. The van der Waals surface area contributed by atoms with E-state index in [-0.39, 0.29) is 16.9 Å². The molecule has 0 aliphatic heterocycles. The van der Waals surface area contributed by atoms with Crippen LogP contribution in [0.1, 0.15) is 58.3 Å². The number of rotatable bonds is 6. The molecule has 0 unspecified atom stereocenters. The third-order valence-electron chi connectivity index (χ3n) is 4.83. The Morgan fingerprint density at radius 1 is 1.26 bits per heavy atom. The first-order valence-electron chi connectivity index (χ1n) is 10.3. The predicted octanol–water partition coefficient (Wildman–Crippen LogP) is 6.58. The lowest BCUT2D eigenvalue weighted by molar-refractivity contribution is 0.196. The molecule has 5 nitrogen and oxygen atoms in total. The Hall–Kier alpha value is -1.74. The molecule has 0 N–H and O–H groups in total. The third-order valence-corrected chi connectivity index (χ3v) is 6.16. The Labute approximate surface area is 205 Å². The summed E-state index contributed by atoms with van der Waals surface area (Å²) < 4.78 is 9.21. The Morgan fingerprint density at radius 3 is 2.65 bits per heavy atom. The van der Waals surface area contributed by atoms with E-state index >= 15 is 0 Å². The van der Waals surface area contributed by atoms with E-state index in [4.69, 9.17) is 9.72 Å². The van der Waals surface area contributed by atoms with E-state index in [1.807, 2.05) is 30.3 Å². The molecule has 0 saturated carbocycles. The van der Waals surface area contributed by atoms with Gasteiger partial charge in [-0.1, -0.05) is 50.5 Å². The van der Waals surface area contributed by atoms with Crippen LogP contribution in [0.5, 0.6) is 5.75 Å². The van der Waals surface area contributed by atoms with Gasteiger partial charge in [0, 0.05) is 10.4 Å². The van der Waals surface area contributed by atoms with Gasteiger partial charge in [0.25, 0.3) is 5.56 Å². The van der Waals surface area contributed by atoms with Gasteiger partial charge in [0.05, 0.1) is 27.3 Å². The van der Waals surface area contributed by atoms with Crippen LogP contribution in [0.15, 0.2) is 50.8 Å². The highest BCUT2D eigenvalue weighted by Crippen LogP contribution is 2.25. The molecular weight excluding hydrogens is 569 g/mol. The normalized spacial score (nSPS) is 13.1. The van der Waals surface area contributed by atoms with Gasteiger partial charge in [-0.15, -0.1) is 0 Å². The van der Waals surface area contributed by atoms with Crippen molar-refractivity contribution >= 4 is 55.6 Å². The largest absolute Gasteiger partial charge is 0.492 e. The zero-order chi connectivity index (χ0) is 22.8. The van der Waals surface area contributed by atoms with Crippen molar-refractivity contribution in [3.8, 4) is 5.75 Å². The monoisotopic (exact) mass is 595 g/mol. The molecule has 1 aromatic heterocycles. The van der Waals surface area contributed by atoms with Crippen molar-refractivity contribution in [3.05, 3.63) is 66.2 Å². The number of halogens is 2. The maximum Gasteiger partial charge on any atom is 0.282 e. The average molecular weight is 596 g/mol. The number of ether oxygens (including phenoxy) is 1. The average Bonchev–Trinajstić information content (AvgIpc) is 2.71. The minimum absolute atomic E-state index is 0.0921. The van der Waals surface area contributed by atoms with Crippen LogP contribution in [0.25, 0.3) is 10.9 Å². The highest BCUT2D eigenvalue weighted by molar-refractivity contribution is 14.1. The minimum atomic E-state index is -0.169. The summed E-state index contributed by atoms with van der Waals surface area (Å²) in [6, 6.07) is 11.4. The molecule has 2 aromatic carbocycles. The van der Waals surface area contributed by atoms with Gasteiger partial charge >= 0.3 is 0 Å². The first kappa shape index (κ1) is 23.9. The number of aromatic nitrogens is 2. The van der Waals surface area contributed by atoms with Crippen LogP contribution in [0.2, 0.25) is 0 Å². The second-order valence-corrected chi connectivity index (χ2v) is 10.9. The second kappa shape index (κ2) is 9.81. The fraction of sp³-hybridized carbons (Fsp3) is 0.375. The van der Waals surface area contributed by atoms with Crippen LogP contribution in [0.4, 0.5) is 0 Å². The Kier molecular flexibility index (Phi) is 7.57. The van der Waals surface area contributed by atoms with Crippen molar-refractivity contribution in [1.29, 1.82) is 0 Å². The van der Waals surface area contributed by atoms with Crippen LogP contribution in [0.3, 0.4) is 0 Å². The van der Waals surface area contributed by atoms with Gasteiger partial charge in [0.15, 0.2) is 0 Å². The molecule has 0 aliphatic rings. The molecule has 1 heterocycles. The van der Waals surface area contributed by atoms with E-state index in [0.29, 0.717) is 23.3 Å². The fourth-order valence-corrected chi connectivity index (χ4v) is 3.97. The standard InChI is InChI=1S/C24H27BrIN3O2/c1-6-15(2)22-28-20-9-8-17(25)12-18(20)23(30)29(22)27-13-16-7-10-21(19(26)11-16)31-14-24(3,4)5/h7-13,15H,6,14H2,1-5H3/t15-/m0/s1. The number of nitrogens with zero attached hydrogens (tertiary/aromatic N) is 3. The van der Waals surface area contributed by atoms with E-state index in [1.165, 1.54) is 4.68 Å². The Morgan fingerprint density at radius 2 is 2.00 bits per heavy atom. The molecule has 0 bridgehead atoms. The quantitative estimate of drug-likeness (QED) is 0.239. The molecule has 0 fully saturated rings. The molecule has 3 rings (SSSR count). The van der Waals surface area contributed by atoms with E-state index in [0.717, 1.165) is 25.8 Å². The second-order valence-electron chi connectivity index (χ2n) is 8.84. The topological polar surface area (TPSA) is 56.5 Å². The van der Waals surface area contributed by atoms with Gasteiger partial charge in [-0.3, -0.25) is 4.79 Å². The lowest BCUT2D eigenvalue weighted by Gasteiger charge is -2.19. The van der Waals surface area contributed by atoms with E-state index in [9.17, 15) is 4.79 Å². The summed E-state index contributed by atoms with van der Waals surface area (Å²) in [5, 5.41) is 5.08. The first-order valence-corrected chi connectivity index (χ1v) is 12.1. The molecule has 164 valence electrons. The summed E-state index contributed by atoms with van der Waals surface area (Å²) in [6.45, 7) is 11.2. The maximum absolute atomic E-state index is 13.2. The summed E-state index contributed by atoms with van der Waals surface area (Å²) in [7, 11) is 0. The van der Waals surface area contributed by atoms with Gasteiger partial charge in [-0.05, 0) is 76.4 Å². The highest BCUT2D eigenvalue weighted by Gasteiger charge is 2.16. The van der Waals surface area contributed by atoms with Crippen molar-refractivity contribution < 1.29 is 4.74 Å². The van der Waals surface area contributed by atoms with Gasteiger partial charge < -0.3 is 4.74 Å². The van der Waals surface area contributed by atoms with Crippen LogP contribution in [-0.2, 0) is 0 Å². The lowest BCUT2D eigenvalue weighted by Crippen LogP contribution is -2.23. The van der Waals surface area contributed by atoms with Gasteiger partial charge in [-0.25, -0.2) is 4.98 Å². The number of fused-ring (bicyclic) bond motifs is 1. The summed E-state index contributed by atoms with van der Waals surface area (Å²) >= 11 is 5.70. The molecule has 7 heteroatoms. The lowest BCUT2D eigenvalue weighted by atomic mass is 9.99. The van der Waals surface area contributed by atoms with Crippen molar-refractivity contribution in [2.75, 3.05) is 6.61 Å². The van der Waals surface area contributed by atoms with Crippen LogP contribution < -0.4 is 10.3 Å². The first-order chi connectivity index (χ1) is 14.6. The third kappa shape index (κ3) is 5.94. The Balaban J connectivity index is 1.99. The summed E-state index contributed by atoms with van der Waals surface area (Å²) in [4.78, 5) is 18.0. The predicted molar refractivity (Wildman–Crippen MR) is 140 cm³/mol. The molecular formula is C24H27BrIN3O2. The summed E-state index contributed by atoms with van der Waals surface area (Å²) in [5.41, 5.74) is 1.50. The SMILES string of the molecule is CC[C@H](C)c1nc2ccc(Br)cc2c(=O)n1N=Cc1ccc(OCC(C)(C)C)c(I)c1. The fourth-order valence-electron chi connectivity index (χ4n) is 2.91. The van der Waals surface area contributed by atoms with Gasteiger partial charge in [0.2, 0.25) is 0 Å². The number of benzene rings is 2. The smallest absolute Gasteiger partial charge is 0.282 e. The number of hydrogen-bond acceptors (Lipinski definition) is 4. The van der Waals surface area contributed by atoms with E-state index in [2.05, 4.69) is 78.2 Å². The molecule has 1 atom stereocenters. The van der Waals surface area contributed by atoms with Gasteiger partial charge in [-0.2, -0.15) is 9.78 Å². The zero-order valence-corrected chi connectivity index (χ0v) is 22.2. The molecule has 0 spiro atoms. The highest BCUT2D eigenvalue weighted by atomic mass is 127. The van der Waals surface area contributed by atoms with E-state index in [1.54, 1.807) is 12.3 Å². The molecule has 0 aliphatic carbocycles. The van der Waals surface area contributed by atoms with E-state index < -0.39 is 0 Å². The van der Waals surface area contributed by atoms with Crippen LogP contribution in [-0.4, -0.2) is 22.5 Å². The molecule has 0 radical (unpaired) electrons. The van der Waals surface area contributed by atoms with Crippen molar-refractivity contribution in [2.45, 2.75) is 47.0 Å². The molecule has 3 aromatic rings. The molecule has 0 amide bonds. The van der Waals surface area contributed by atoms with Crippen molar-refractivity contribution in [3.63, 3.8) is 0 Å². The zero-order valence-electron chi connectivity index (χ0n) is 18.4. The minimum Gasteiger partial charge on any atom is -0.492 e. The van der Waals surface area contributed by atoms with Crippen LogP contribution in [0, 0.1) is 8.99 Å². The number of hydrogen-bond donors (Lipinski definition) is 0. The van der Waals surface area contributed by atoms with Gasteiger partial charge in [0.1, 0.15) is 11.6 Å². The molecule has 31 heavy (non-hydrogen) atoms. The van der Waals surface area contributed by atoms with Crippen molar-refractivity contribution in [1.82, 2.24) is 9.66 Å². The van der Waals surface area contributed by atoms with Crippen molar-refractivity contribution in [2.24, 2.45) is 10.5 Å². The molecule has 0 saturated heterocycles. The summed E-state index contributed by atoms with van der Waals surface area (Å²) in [5.74, 6) is 1.62.